The largest absolute Gasteiger partial charge is 0.0760 e. The molecule has 0 fully saturated rings. The molecule has 2 aromatic carbocycles. The Morgan fingerprint density at radius 2 is 2.00 bits per heavy atom. The first-order chi connectivity index (χ1) is 8.33. The average molecular weight is 330 g/mol. The molecule has 0 saturated heterocycles. The molecule has 0 N–H and O–H groups in total. The molecular formula is C16H11I. The second kappa shape index (κ2) is 3.45. The van der Waals surface area contributed by atoms with Gasteiger partial charge in [-0.15, -0.1) is 0 Å². The molecule has 17 heavy (non-hydrogen) atoms. The molecular weight excluding hydrogens is 319 g/mol. The molecule has 0 bridgehead atoms. The third-order valence-electron chi connectivity index (χ3n) is 3.76. The van der Waals surface area contributed by atoms with Crippen molar-refractivity contribution < 1.29 is 0 Å². The summed E-state index contributed by atoms with van der Waals surface area (Å²) >= 11 is 2.46. The van der Waals surface area contributed by atoms with Crippen molar-refractivity contribution in [3.8, 4) is 0 Å². The zero-order valence-corrected chi connectivity index (χ0v) is 11.4. The molecule has 0 aromatic heterocycles. The topological polar surface area (TPSA) is 0 Å². The Morgan fingerprint density at radius 3 is 2.94 bits per heavy atom. The summed E-state index contributed by atoms with van der Waals surface area (Å²) in [6.45, 7) is 0. The molecule has 1 heteroatoms. The molecule has 1 atom stereocenters. The highest BCUT2D eigenvalue weighted by molar-refractivity contribution is 14.1. The Balaban J connectivity index is 2.21. The molecule has 1 unspecified atom stereocenters. The van der Waals surface area contributed by atoms with E-state index in [1.165, 1.54) is 25.5 Å². The van der Waals surface area contributed by atoms with Crippen LogP contribution in [0.25, 0.3) is 22.9 Å². The first-order valence-electron chi connectivity index (χ1n) is 5.93. The molecule has 0 nitrogen and oxygen atoms in total. The Hall–Kier alpha value is -1.09. The van der Waals surface area contributed by atoms with E-state index >= 15 is 0 Å². The van der Waals surface area contributed by atoms with Crippen LogP contribution in [-0.2, 0) is 0 Å². The Labute approximate surface area is 114 Å². The van der Waals surface area contributed by atoms with Gasteiger partial charge in [0.25, 0.3) is 0 Å². The number of benzene rings is 2. The lowest BCUT2D eigenvalue weighted by molar-refractivity contribution is 0.857. The molecule has 2 aromatic rings. The first-order valence-corrected chi connectivity index (χ1v) is 7.01. The molecule has 82 valence electrons. The van der Waals surface area contributed by atoms with Gasteiger partial charge in [0.15, 0.2) is 0 Å². The Bertz CT molecular complexity index is 692. The molecule has 0 aliphatic heterocycles. The summed E-state index contributed by atoms with van der Waals surface area (Å²) in [7, 11) is 0. The quantitative estimate of drug-likeness (QED) is 0.588. The van der Waals surface area contributed by atoms with Crippen molar-refractivity contribution in [3.63, 3.8) is 0 Å². The second-order valence-corrected chi connectivity index (χ2v) is 6.16. The molecule has 2 aliphatic rings. The van der Waals surface area contributed by atoms with Gasteiger partial charge in [0.2, 0.25) is 0 Å². The molecule has 0 radical (unpaired) electrons. The Kier molecular flexibility index (Phi) is 2.01. The zero-order chi connectivity index (χ0) is 11.4. The van der Waals surface area contributed by atoms with E-state index in [9.17, 15) is 0 Å². The number of halogens is 1. The predicted molar refractivity (Wildman–Crippen MR) is 82.3 cm³/mol. The summed E-state index contributed by atoms with van der Waals surface area (Å²) < 4.78 is 1.46. The van der Waals surface area contributed by atoms with Crippen molar-refractivity contribution in [1.82, 2.24) is 0 Å². The van der Waals surface area contributed by atoms with Crippen LogP contribution in [0.4, 0.5) is 0 Å². The number of allylic oxidation sites excluding steroid dienone is 2. The Morgan fingerprint density at radius 1 is 1.06 bits per heavy atom. The van der Waals surface area contributed by atoms with Gasteiger partial charge in [0.1, 0.15) is 0 Å². The van der Waals surface area contributed by atoms with Gasteiger partial charge in [-0.25, -0.2) is 0 Å². The molecule has 2 aliphatic carbocycles. The highest BCUT2D eigenvalue weighted by Crippen LogP contribution is 2.44. The molecule has 0 spiro atoms. The average Bonchev–Trinajstić information content (AvgIpc) is 2.35. The van der Waals surface area contributed by atoms with Crippen LogP contribution in [0.1, 0.15) is 29.0 Å². The van der Waals surface area contributed by atoms with Gasteiger partial charge < -0.3 is 0 Å². The fourth-order valence-electron chi connectivity index (χ4n) is 3.04. The standard InChI is InChI=1S/C16H11I/c17-14-8-12-6-4-10-2-1-3-11-5-7-13(9-14)16(12)15(10)11/h1-8,13H,9H2. The van der Waals surface area contributed by atoms with Crippen LogP contribution in [-0.4, -0.2) is 0 Å². The lowest BCUT2D eigenvalue weighted by atomic mass is 9.79. The van der Waals surface area contributed by atoms with Crippen LogP contribution < -0.4 is 0 Å². The van der Waals surface area contributed by atoms with Gasteiger partial charge in [-0.3, -0.25) is 0 Å². The van der Waals surface area contributed by atoms with E-state index < -0.39 is 0 Å². The fourth-order valence-corrected chi connectivity index (χ4v) is 3.85. The molecule has 0 saturated carbocycles. The minimum Gasteiger partial charge on any atom is -0.0760 e. The summed E-state index contributed by atoms with van der Waals surface area (Å²) in [6, 6.07) is 11.1. The van der Waals surface area contributed by atoms with Crippen molar-refractivity contribution in [3.05, 3.63) is 56.7 Å². The maximum atomic E-state index is 2.46. The normalized spacial score (nSPS) is 20.5. The monoisotopic (exact) mass is 330 g/mol. The molecule has 0 amide bonds. The second-order valence-electron chi connectivity index (χ2n) is 4.77. The van der Waals surface area contributed by atoms with Gasteiger partial charge in [0.05, 0.1) is 0 Å². The van der Waals surface area contributed by atoms with E-state index in [1.54, 1.807) is 5.56 Å². The summed E-state index contributed by atoms with van der Waals surface area (Å²) in [5.74, 6) is 0.584. The van der Waals surface area contributed by atoms with Crippen LogP contribution in [0.3, 0.4) is 0 Å². The van der Waals surface area contributed by atoms with E-state index in [-0.39, 0.29) is 0 Å². The van der Waals surface area contributed by atoms with Crippen molar-refractivity contribution in [2.75, 3.05) is 0 Å². The summed E-state index contributed by atoms with van der Waals surface area (Å²) in [5.41, 5.74) is 4.33. The summed E-state index contributed by atoms with van der Waals surface area (Å²) in [4.78, 5) is 0. The third-order valence-corrected chi connectivity index (χ3v) is 4.51. The van der Waals surface area contributed by atoms with E-state index in [1.807, 2.05) is 0 Å². The predicted octanol–water partition coefficient (Wildman–Crippen LogP) is 5.13. The van der Waals surface area contributed by atoms with Crippen molar-refractivity contribution in [1.29, 1.82) is 0 Å². The van der Waals surface area contributed by atoms with E-state index in [0.717, 1.165) is 6.42 Å². The SMILES string of the molecule is IC1=Cc2ccc3cccc4c3c2C(C=C4)C1. The minimum atomic E-state index is 0.584. The van der Waals surface area contributed by atoms with Gasteiger partial charge in [0, 0.05) is 5.92 Å². The van der Waals surface area contributed by atoms with E-state index in [0.29, 0.717) is 5.92 Å². The maximum absolute atomic E-state index is 2.46. The summed E-state index contributed by atoms with van der Waals surface area (Å²) in [6.07, 6.45) is 8.16. The van der Waals surface area contributed by atoms with Crippen LogP contribution in [0.15, 0.2) is 40.0 Å². The van der Waals surface area contributed by atoms with Crippen molar-refractivity contribution >= 4 is 45.5 Å². The highest BCUT2D eigenvalue weighted by atomic mass is 127. The lowest BCUT2D eigenvalue weighted by Gasteiger charge is -2.27. The van der Waals surface area contributed by atoms with Crippen LogP contribution in [0.2, 0.25) is 0 Å². The van der Waals surface area contributed by atoms with Gasteiger partial charge in [-0.1, -0.05) is 42.5 Å². The first kappa shape index (κ1) is 9.89. The van der Waals surface area contributed by atoms with E-state index in [4.69, 9.17) is 0 Å². The van der Waals surface area contributed by atoms with Crippen LogP contribution >= 0.6 is 22.6 Å². The molecule has 0 heterocycles. The van der Waals surface area contributed by atoms with Crippen LogP contribution in [0, 0.1) is 0 Å². The summed E-state index contributed by atoms with van der Waals surface area (Å²) in [5, 5.41) is 2.85. The van der Waals surface area contributed by atoms with Gasteiger partial charge in [-0.05, 0) is 66.1 Å². The van der Waals surface area contributed by atoms with E-state index in [2.05, 4.69) is 71.2 Å². The van der Waals surface area contributed by atoms with Crippen LogP contribution in [0.5, 0.6) is 0 Å². The number of hydrogen-bond donors (Lipinski definition) is 0. The van der Waals surface area contributed by atoms with Gasteiger partial charge >= 0.3 is 0 Å². The highest BCUT2D eigenvalue weighted by Gasteiger charge is 2.23. The van der Waals surface area contributed by atoms with Crippen molar-refractivity contribution in [2.24, 2.45) is 0 Å². The van der Waals surface area contributed by atoms with Crippen molar-refractivity contribution in [2.45, 2.75) is 12.3 Å². The van der Waals surface area contributed by atoms with Gasteiger partial charge in [-0.2, -0.15) is 0 Å². The lowest BCUT2D eigenvalue weighted by Crippen LogP contribution is -2.07. The third kappa shape index (κ3) is 1.35. The minimum absolute atomic E-state index is 0.584. The fraction of sp³-hybridized carbons (Fsp3) is 0.125. The number of hydrogen-bond acceptors (Lipinski definition) is 0. The molecule has 4 rings (SSSR count). The zero-order valence-electron chi connectivity index (χ0n) is 9.28. The number of rotatable bonds is 0. The maximum Gasteiger partial charge on any atom is 0.00784 e. The smallest absolute Gasteiger partial charge is 0.00784 e.